The minimum absolute atomic E-state index is 0.275. The maximum atomic E-state index is 13.1. The van der Waals surface area contributed by atoms with Crippen molar-refractivity contribution >= 4 is 34.4 Å². The first-order valence-corrected chi connectivity index (χ1v) is 8.81. The van der Waals surface area contributed by atoms with E-state index < -0.39 is 0 Å². The van der Waals surface area contributed by atoms with Crippen LogP contribution in [-0.2, 0) is 0 Å². The van der Waals surface area contributed by atoms with Crippen LogP contribution in [0.5, 0.6) is 0 Å². The fourth-order valence-electron chi connectivity index (χ4n) is 3.14. The van der Waals surface area contributed by atoms with Gasteiger partial charge < -0.3 is 10.3 Å². The van der Waals surface area contributed by atoms with Crippen molar-refractivity contribution < 1.29 is 4.39 Å². The van der Waals surface area contributed by atoms with Gasteiger partial charge in [-0.25, -0.2) is 4.39 Å². The molecule has 5 heteroatoms. The van der Waals surface area contributed by atoms with Crippen LogP contribution in [0.1, 0.15) is 22.3 Å². The molecule has 2 heterocycles. The van der Waals surface area contributed by atoms with Gasteiger partial charge in [-0.15, -0.1) is 0 Å². The van der Waals surface area contributed by atoms with Crippen LogP contribution in [-0.4, -0.2) is 9.97 Å². The highest BCUT2D eigenvalue weighted by Crippen LogP contribution is 2.31. The highest BCUT2D eigenvalue weighted by Gasteiger charge is 2.11. The summed E-state index contributed by atoms with van der Waals surface area (Å²) in [4.78, 5) is 7.37. The lowest BCUT2D eigenvalue weighted by molar-refractivity contribution is 0.628. The van der Waals surface area contributed by atoms with Gasteiger partial charge in [0, 0.05) is 40.7 Å². The summed E-state index contributed by atoms with van der Waals surface area (Å²) < 4.78 is 13.1. The number of hydrogen-bond acceptors (Lipinski definition) is 3. The molecule has 2 aromatic carbocycles. The molecule has 2 aromatic heterocycles. The highest BCUT2D eigenvalue weighted by atomic mass is 19.1. The largest absolute Gasteiger partial charge is 0.361 e. The molecule has 0 aliphatic carbocycles. The van der Waals surface area contributed by atoms with Crippen LogP contribution in [0.4, 0.5) is 15.8 Å². The van der Waals surface area contributed by atoms with Gasteiger partial charge in [0.05, 0.1) is 11.3 Å². The predicted octanol–water partition coefficient (Wildman–Crippen LogP) is 5.80. The second-order valence-electron chi connectivity index (χ2n) is 6.45. The molecule has 0 aliphatic heterocycles. The van der Waals surface area contributed by atoms with E-state index in [9.17, 15) is 9.65 Å². The van der Waals surface area contributed by atoms with Crippen molar-refractivity contribution in [2.45, 2.75) is 6.92 Å². The maximum absolute atomic E-state index is 13.1. The number of nitrogens with one attached hydrogen (secondary N) is 2. The van der Waals surface area contributed by atoms with E-state index in [1.165, 1.54) is 12.1 Å². The van der Waals surface area contributed by atoms with E-state index in [0.717, 1.165) is 33.3 Å². The van der Waals surface area contributed by atoms with Crippen molar-refractivity contribution in [2.24, 2.45) is 0 Å². The molecule has 2 N–H and O–H groups in total. The number of nitrogens with zero attached hydrogens (tertiary/aromatic N) is 2. The number of halogens is 1. The Labute approximate surface area is 162 Å². The van der Waals surface area contributed by atoms with Gasteiger partial charge in [0.1, 0.15) is 11.9 Å². The SMILES string of the molecule is Cc1c(Nc2c(C#N)cncc2/C=C/c2ccc(F)cc2)ccc2[nH]ccc12. The second-order valence-corrected chi connectivity index (χ2v) is 6.45. The van der Waals surface area contributed by atoms with Gasteiger partial charge in [-0.1, -0.05) is 24.3 Å². The second kappa shape index (κ2) is 7.37. The van der Waals surface area contributed by atoms with E-state index in [0.29, 0.717) is 11.3 Å². The molecule has 0 saturated carbocycles. The van der Waals surface area contributed by atoms with E-state index in [1.807, 2.05) is 43.5 Å². The summed E-state index contributed by atoms with van der Waals surface area (Å²) in [6.07, 6.45) is 8.89. The predicted molar refractivity (Wildman–Crippen MR) is 111 cm³/mol. The van der Waals surface area contributed by atoms with Gasteiger partial charge in [0.25, 0.3) is 0 Å². The summed E-state index contributed by atoms with van der Waals surface area (Å²) in [5.41, 5.74) is 5.86. The Kier molecular flexibility index (Phi) is 4.61. The average molecular weight is 368 g/mol. The zero-order valence-corrected chi connectivity index (χ0v) is 15.2. The fraction of sp³-hybridized carbons (Fsp3) is 0.0435. The molecular formula is C23H17FN4. The van der Waals surface area contributed by atoms with Crippen molar-refractivity contribution in [3.8, 4) is 6.07 Å². The first kappa shape index (κ1) is 17.5. The van der Waals surface area contributed by atoms with Crippen LogP contribution in [0, 0.1) is 24.1 Å². The average Bonchev–Trinajstić information content (AvgIpc) is 3.20. The third kappa shape index (κ3) is 3.36. The highest BCUT2D eigenvalue weighted by molar-refractivity contribution is 5.90. The molecule has 0 radical (unpaired) electrons. The first-order valence-electron chi connectivity index (χ1n) is 8.81. The van der Waals surface area contributed by atoms with Crippen LogP contribution in [0.3, 0.4) is 0 Å². The van der Waals surface area contributed by atoms with Gasteiger partial charge in [0.2, 0.25) is 0 Å². The standard InChI is InChI=1S/C23H17FN4/c1-15-20-10-11-27-22(20)9-8-21(15)28-23-17(13-26-14-18(23)12-25)5-2-16-3-6-19(24)7-4-16/h2-11,13-14,27H,1H3,(H,26,28)/b5-2+. The third-order valence-corrected chi connectivity index (χ3v) is 4.68. The third-order valence-electron chi connectivity index (χ3n) is 4.68. The van der Waals surface area contributed by atoms with Crippen LogP contribution >= 0.6 is 0 Å². The molecule has 0 unspecified atom stereocenters. The topological polar surface area (TPSA) is 64.5 Å². The van der Waals surface area contributed by atoms with Crippen molar-refractivity contribution in [2.75, 3.05) is 5.32 Å². The minimum Gasteiger partial charge on any atom is -0.361 e. The Morgan fingerprint density at radius 1 is 1.07 bits per heavy atom. The molecule has 0 atom stereocenters. The Morgan fingerprint density at radius 2 is 1.89 bits per heavy atom. The van der Waals surface area contributed by atoms with Crippen molar-refractivity contribution in [1.29, 1.82) is 5.26 Å². The molecule has 0 fully saturated rings. The molecule has 28 heavy (non-hydrogen) atoms. The smallest absolute Gasteiger partial charge is 0.123 e. The number of fused-ring (bicyclic) bond motifs is 1. The van der Waals surface area contributed by atoms with E-state index >= 15 is 0 Å². The molecule has 0 amide bonds. The van der Waals surface area contributed by atoms with E-state index in [1.54, 1.807) is 24.5 Å². The molecule has 4 nitrogen and oxygen atoms in total. The zero-order valence-electron chi connectivity index (χ0n) is 15.2. The molecule has 0 saturated heterocycles. The molecular weight excluding hydrogens is 351 g/mol. The zero-order chi connectivity index (χ0) is 19.5. The number of nitriles is 1. The molecule has 0 spiro atoms. The number of aromatic amines is 1. The van der Waals surface area contributed by atoms with Gasteiger partial charge in [-0.05, 0) is 48.4 Å². The lowest BCUT2D eigenvalue weighted by atomic mass is 10.1. The Bertz CT molecular complexity index is 1210. The summed E-state index contributed by atoms with van der Waals surface area (Å²) in [5, 5.41) is 14.1. The lowest BCUT2D eigenvalue weighted by Crippen LogP contribution is -1.99. The number of rotatable bonds is 4. The summed E-state index contributed by atoms with van der Waals surface area (Å²) >= 11 is 0. The summed E-state index contributed by atoms with van der Waals surface area (Å²) in [5.74, 6) is -0.275. The number of aryl methyl sites for hydroxylation is 1. The Balaban J connectivity index is 1.74. The van der Waals surface area contributed by atoms with E-state index in [-0.39, 0.29) is 5.82 Å². The Hall–Kier alpha value is -3.91. The molecule has 0 aliphatic rings. The number of hydrogen-bond donors (Lipinski definition) is 2. The van der Waals surface area contributed by atoms with Crippen molar-refractivity contribution in [3.05, 3.63) is 89.1 Å². The number of H-pyrrole nitrogens is 1. The van der Waals surface area contributed by atoms with Crippen LogP contribution in [0.2, 0.25) is 0 Å². The van der Waals surface area contributed by atoms with Crippen LogP contribution in [0.25, 0.3) is 23.1 Å². The van der Waals surface area contributed by atoms with Gasteiger partial charge >= 0.3 is 0 Å². The van der Waals surface area contributed by atoms with Crippen molar-refractivity contribution in [3.63, 3.8) is 0 Å². The number of pyridine rings is 1. The van der Waals surface area contributed by atoms with Crippen molar-refractivity contribution in [1.82, 2.24) is 9.97 Å². The van der Waals surface area contributed by atoms with Crippen LogP contribution in [0.15, 0.2) is 61.1 Å². The first-order chi connectivity index (χ1) is 13.7. The number of aromatic nitrogens is 2. The Morgan fingerprint density at radius 3 is 2.68 bits per heavy atom. The summed E-state index contributed by atoms with van der Waals surface area (Å²) in [6, 6.07) is 14.5. The summed E-state index contributed by atoms with van der Waals surface area (Å²) in [6.45, 7) is 2.04. The fourth-order valence-corrected chi connectivity index (χ4v) is 3.14. The monoisotopic (exact) mass is 368 g/mol. The minimum atomic E-state index is -0.275. The normalized spacial score (nSPS) is 11.0. The van der Waals surface area contributed by atoms with E-state index in [4.69, 9.17) is 0 Å². The molecule has 4 rings (SSSR count). The molecule has 0 bridgehead atoms. The molecule has 4 aromatic rings. The lowest BCUT2D eigenvalue weighted by Gasteiger charge is -2.14. The summed E-state index contributed by atoms with van der Waals surface area (Å²) in [7, 11) is 0. The van der Waals surface area contributed by atoms with Gasteiger partial charge in [-0.2, -0.15) is 5.26 Å². The number of benzene rings is 2. The quantitative estimate of drug-likeness (QED) is 0.479. The molecule has 136 valence electrons. The van der Waals surface area contributed by atoms with E-state index in [2.05, 4.69) is 21.4 Å². The number of anilines is 2. The maximum Gasteiger partial charge on any atom is 0.123 e. The van der Waals surface area contributed by atoms with Crippen LogP contribution < -0.4 is 5.32 Å². The van der Waals surface area contributed by atoms with Gasteiger partial charge in [0.15, 0.2) is 0 Å². The van der Waals surface area contributed by atoms with Gasteiger partial charge in [-0.3, -0.25) is 4.98 Å².